The Balaban J connectivity index is 1.57. The molecule has 1 aliphatic heterocycles. The zero-order valence-electron chi connectivity index (χ0n) is 17.3. The van der Waals surface area contributed by atoms with Gasteiger partial charge in [-0.1, -0.05) is 30.3 Å². The zero-order valence-corrected chi connectivity index (χ0v) is 17.3. The Labute approximate surface area is 185 Å². The molecule has 0 saturated heterocycles. The number of nitrogens with zero attached hydrogens (tertiary/aromatic N) is 2. The summed E-state index contributed by atoms with van der Waals surface area (Å²) in [5.74, 6) is -3.61. The van der Waals surface area contributed by atoms with Gasteiger partial charge < -0.3 is 5.32 Å². The number of aromatic nitrogens is 2. The molecule has 33 heavy (non-hydrogen) atoms. The summed E-state index contributed by atoms with van der Waals surface area (Å²) in [6.07, 6.45) is -8.80. The number of anilines is 1. The molecule has 11 heteroatoms. The van der Waals surface area contributed by atoms with E-state index in [1.54, 1.807) is 30.3 Å². The van der Waals surface area contributed by atoms with E-state index in [0.717, 1.165) is 10.9 Å². The number of carbonyl (C=O) groups excluding carboxylic acids is 2. The molecule has 4 atom stereocenters. The van der Waals surface area contributed by atoms with Gasteiger partial charge in [0.15, 0.2) is 11.8 Å². The molecule has 1 saturated carbocycles. The van der Waals surface area contributed by atoms with Gasteiger partial charge in [-0.05, 0) is 30.7 Å². The van der Waals surface area contributed by atoms with E-state index in [1.165, 1.54) is 0 Å². The normalized spacial score (nSPS) is 25.4. The number of carbonyl (C=O) groups is 2. The highest BCUT2D eigenvalue weighted by Gasteiger charge is 2.48. The van der Waals surface area contributed by atoms with Crippen molar-refractivity contribution in [3.63, 3.8) is 0 Å². The molecule has 5 nitrogen and oxygen atoms in total. The summed E-state index contributed by atoms with van der Waals surface area (Å²) >= 11 is 0. The van der Waals surface area contributed by atoms with Crippen molar-refractivity contribution in [1.82, 2.24) is 9.78 Å². The number of benzene rings is 1. The molecule has 2 aromatic rings. The first kappa shape index (κ1) is 23.3. The first-order chi connectivity index (χ1) is 15.4. The van der Waals surface area contributed by atoms with Gasteiger partial charge in [-0.15, -0.1) is 0 Å². The molecule has 3 unspecified atom stereocenters. The number of Topliss-reactive ketones (excluding diaryl/α,β-unsaturated/α-hetero) is 2. The van der Waals surface area contributed by atoms with Gasteiger partial charge in [0, 0.05) is 18.8 Å². The van der Waals surface area contributed by atoms with Gasteiger partial charge in [-0.2, -0.15) is 31.4 Å². The minimum atomic E-state index is -4.92. The lowest BCUT2D eigenvalue weighted by atomic mass is 9.93. The van der Waals surface area contributed by atoms with Crippen molar-refractivity contribution >= 4 is 17.4 Å². The van der Waals surface area contributed by atoms with E-state index >= 15 is 0 Å². The van der Waals surface area contributed by atoms with Gasteiger partial charge in [0.05, 0.1) is 17.8 Å². The average Bonchev–Trinajstić information content (AvgIpc) is 3.39. The maximum atomic E-state index is 13.8. The summed E-state index contributed by atoms with van der Waals surface area (Å²) in [7, 11) is 0. The minimum Gasteiger partial charge on any atom is -0.363 e. The third-order valence-corrected chi connectivity index (χ3v) is 6.41. The van der Waals surface area contributed by atoms with Crippen molar-refractivity contribution < 1.29 is 35.9 Å². The predicted molar refractivity (Wildman–Crippen MR) is 106 cm³/mol. The Morgan fingerprint density at radius 2 is 1.73 bits per heavy atom. The Bertz CT molecular complexity index is 1030. The average molecular weight is 473 g/mol. The summed E-state index contributed by atoms with van der Waals surface area (Å²) in [4.78, 5) is 24.4. The van der Waals surface area contributed by atoms with Crippen molar-refractivity contribution in [2.24, 2.45) is 11.8 Å². The lowest BCUT2D eigenvalue weighted by Gasteiger charge is -2.34. The van der Waals surface area contributed by atoms with Crippen molar-refractivity contribution in [3.8, 4) is 0 Å². The number of ketones is 2. The van der Waals surface area contributed by atoms with Crippen LogP contribution < -0.4 is 5.32 Å². The molecule has 1 aromatic carbocycles. The topological polar surface area (TPSA) is 64.0 Å². The highest BCUT2D eigenvalue weighted by Crippen LogP contribution is 2.45. The van der Waals surface area contributed by atoms with Crippen LogP contribution in [0.25, 0.3) is 0 Å². The molecule has 0 amide bonds. The van der Waals surface area contributed by atoms with Crippen LogP contribution in [0.5, 0.6) is 0 Å². The maximum Gasteiger partial charge on any atom is 0.449 e. The van der Waals surface area contributed by atoms with Crippen molar-refractivity contribution in [2.75, 3.05) is 5.32 Å². The molecule has 4 rings (SSSR count). The molecule has 0 bridgehead atoms. The van der Waals surface area contributed by atoms with Crippen LogP contribution in [-0.2, 0) is 4.79 Å². The Hall–Kier alpha value is -2.85. The first-order valence-corrected chi connectivity index (χ1v) is 10.5. The molecule has 1 N–H and O–H groups in total. The third kappa shape index (κ3) is 4.77. The van der Waals surface area contributed by atoms with Crippen LogP contribution in [-0.4, -0.2) is 33.7 Å². The summed E-state index contributed by atoms with van der Waals surface area (Å²) in [5.41, 5.74) is 0.613. The van der Waals surface area contributed by atoms with Crippen molar-refractivity contribution in [2.45, 2.75) is 56.5 Å². The molecule has 2 aliphatic rings. The molecule has 1 aromatic heterocycles. The number of hydrogen-bond acceptors (Lipinski definition) is 4. The van der Waals surface area contributed by atoms with Gasteiger partial charge in [0.1, 0.15) is 5.82 Å². The van der Waals surface area contributed by atoms with Crippen LogP contribution in [0, 0.1) is 11.8 Å². The number of halogens is 6. The highest BCUT2D eigenvalue weighted by molar-refractivity contribution is 6.02. The number of fused-ring (bicyclic) bond motifs is 1. The van der Waals surface area contributed by atoms with Gasteiger partial charge in [0.25, 0.3) is 0 Å². The van der Waals surface area contributed by atoms with E-state index in [2.05, 4.69) is 10.4 Å². The Morgan fingerprint density at radius 3 is 2.36 bits per heavy atom. The van der Waals surface area contributed by atoms with E-state index in [0.29, 0.717) is 5.56 Å². The summed E-state index contributed by atoms with van der Waals surface area (Å²) < 4.78 is 79.8. The summed E-state index contributed by atoms with van der Waals surface area (Å²) in [5, 5.41) is 6.84. The van der Waals surface area contributed by atoms with Crippen LogP contribution in [0.4, 0.5) is 32.2 Å². The molecule has 178 valence electrons. The van der Waals surface area contributed by atoms with Crippen LogP contribution in [0.15, 0.2) is 36.5 Å². The second-order valence-electron chi connectivity index (χ2n) is 8.62. The summed E-state index contributed by atoms with van der Waals surface area (Å²) in [6, 6.07) is 5.91. The van der Waals surface area contributed by atoms with E-state index in [4.69, 9.17) is 0 Å². The molecule has 0 radical (unpaired) electrons. The molecular weight excluding hydrogens is 452 g/mol. The molecule has 0 spiro atoms. The van der Waals surface area contributed by atoms with E-state index in [-0.39, 0.29) is 37.1 Å². The van der Waals surface area contributed by atoms with Crippen LogP contribution in [0.1, 0.15) is 60.1 Å². The lowest BCUT2D eigenvalue weighted by molar-refractivity contribution is -0.173. The van der Waals surface area contributed by atoms with Gasteiger partial charge >= 0.3 is 12.4 Å². The number of nitrogens with one attached hydrogen (secondary N) is 1. The fourth-order valence-corrected chi connectivity index (χ4v) is 4.74. The van der Waals surface area contributed by atoms with Crippen LogP contribution in [0.2, 0.25) is 0 Å². The van der Waals surface area contributed by atoms with Crippen molar-refractivity contribution in [3.05, 3.63) is 47.7 Å². The minimum absolute atomic E-state index is 0.0160. The quantitative estimate of drug-likeness (QED) is 0.449. The second kappa shape index (κ2) is 8.49. The number of hydrogen-bond donors (Lipinski definition) is 1. The monoisotopic (exact) mass is 473 g/mol. The Morgan fingerprint density at radius 1 is 1.03 bits per heavy atom. The summed E-state index contributed by atoms with van der Waals surface area (Å²) in [6.45, 7) is 0. The third-order valence-electron chi connectivity index (χ3n) is 6.41. The predicted octanol–water partition coefficient (Wildman–Crippen LogP) is 5.66. The van der Waals surface area contributed by atoms with Gasteiger partial charge in [0.2, 0.25) is 5.78 Å². The van der Waals surface area contributed by atoms with Crippen LogP contribution in [0.3, 0.4) is 0 Å². The molecular formula is C22H21F6N3O2. The number of alkyl halides is 6. The zero-order chi connectivity index (χ0) is 24.0. The standard InChI is InChI=1S/C22H21F6N3O2/c23-21(24,25)17-10-16(13-4-2-1-3-5-13)30-20-15(11-29-31(17)20)19(33)14-7-6-12(8-14)9-18(32)22(26,27)28/h1-5,11-12,14,16-17,30H,6-10H2/t12-,14?,16?,17?/m0/s1. The molecule has 1 aliphatic carbocycles. The smallest absolute Gasteiger partial charge is 0.363 e. The lowest BCUT2D eigenvalue weighted by Crippen LogP contribution is -2.36. The second-order valence-corrected chi connectivity index (χ2v) is 8.62. The van der Waals surface area contributed by atoms with Crippen LogP contribution >= 0.6 is 0 Å². The molecule has 2 heterocycles. The SMILES string of the molecule is O=C(c1cnn2c1NC(c1ccccc1)CC2C(F)(F)F)C1CC[C@H](CC(=O)C(F)(F)F)C1. The maximum absolute atomic E-state index is 13.8. The molecule has 1 fully saturated rings. The van der Waals surface area contributed by atoms with E-state index < -0.39 is 54.3 Å². The fraction of sp³-hybridized carbons (Fsp3) is 0.500. The van der Waals surface area contributed by atoms with Gasteiger partial charge in [-0.3, -0.25) is 9.59 Å². The first-order valence-electron chi connectivity index (χ1n) is 10.5. The highest BCUT2D eigenvalue weighted by atomic mass is 19.4. The van der Waals surface area contributed by atoms with Gasteiger partial charge in [-0.25, -0.2) is 4.68 Å². The van der Waals surface area contributed by atoms with Crippen molar-refractivity contribution in [1.29, 1.82) is 0 Å². The van der Waals surface area contributed by atoms with E-state index in [1.807, 2.05) is 0 Å². The largest absolute Gasteiger partial charge is 0.449 e. The van der Waals surface area contributed by atoms with E-state index in [9.17, 15) is 35.9 Å². The Kier molecular flexibility index (Phi) is 6.00. The number of rotatable bonds is 5. The fourth-order valence-electron chi connectivity index (χ4n) is 4.74.